The molecule has 2 rings (SSSR count). The van der Waals surface area contributed by atoms with Gasteiger partial charge in [-0.05, 0) is 26.0 Å². The first-order valence-electron chi connectivity index (χ1n) is 4.71. The van der Waals surface area contributed by atoms with E-state index in [-0.39, 0.29) is 16.5 Å². The number of Topliss-reactive ketones (excluding diaryl/α,β-unsaturated/α-hetero) is 1. The summed E-state index contributed by atoms with van der Waals surface area (Å²) in [5, 5.41) is -0.0388. The summed E-state index contributed by atoms with van der Waals surface area (Å²) in [6, 6.07) is 5.22. The summed E-state index contributed by atoms with van der Waals surface area (Å²) in [5.41, 5.74) is 0.684. The molecule has 0 aliphatic rings. The fourth-order valence-corrected chi connectivity index (χ4v) is 1.91. The molecule has 16 heavy (non-hydrogen) atoms. The molecule has 0 aromatic carbocycles. The number of aryl methyl sites for hydroxylation is 1. The van der Waals surface area contributed by atoms with Crippen molar-refractivity contribution in [2.45, 2.75) is 13.8 Å². The van der Waals surface area contributed by atoms with Crippen LogP contribution in [-0.4, -0.2) is 15.2 Å². The van der Waals surface area contributed by atoms with E-state index < -0.39 is 5.56 Å². The van der Waals surface area contributed by atoms with Crippen LogP contribution >= 0.6 is 11.6 Å². The zero-order valence-electron chi connectivity index (χ0n) is 8.82. The summed E-state index contributed by atoms with van der Waals surface area (Å²) in [4.78, 5) is 27.4. The van der Waals surface area contributed by atoms with Crippen LogP contribution < -0.4 is 5.56 Å². The quantitative estimate of drug-likeness (QED) is 0.561. The molecule has 4 nitrogen and oxygen atoms in total. The van der Waals surface area contributed by atoms with Crippen molar-refractivity contribution < 1.29 is 4.79 Å². The van der Waals surface area contributed by atoms with Crippen molar-refractivity contribution in [3.63, 3.8) is 0 Å². The zero-order valence-corrected chi connectivity index (χ0v) is 9.58. The first-order chi connectivity index (χ1) is 7.52. The highest BCUT2D eigenvalue weighted by Gasteiger charge is 2.15. The number of hydrogen-bond donors (Lipinski definition) is 0. The SMILES string of the molecule is CC(=O)c1c(Cl)nc2cccc(C)n2c1=O. The molecule has 0 N–H and O–H groups in total. The monoisotopic (exact) mass is 236 g/mol. The minimum atomic E-state index is -0.416. The minimum absolute atomic E-state index is 0.0388. The van der Waals surface area contributed by atoms with Crippen LogP contribution in [0.15, 0.2) is 23.0 Å². The van der Waals surface area contributed by atoms with Crippen molar-refractivity contribution in [3.8, 4) is 0 Å². The third kappa shape index (κ3) is 1.51. The maximum atomic E-state index is 12.0. The van der Waals surface area contributed by atoms with Gasteiger partial charge in [-0.25, -0.2) is 4.98 Å². The lowest BCUT2D eigenvalue weighted by Gasteiger charge is -2.06. The number of rotatable bonds is 1. The number of aromatic nitrogens is 2. The lowest BCUT2D eigenvalue weighted by Crippen LogP contribution is -2.24. The molecule has 0 radical (unpaired) electrons. The van der Waals surface area contributed by atoms with Gasteiger partial charge in [-0.15, -0.1) is 0 Å². The van der Waals surface area contributed by atoms with E-state index in [0.717, 1.165) is 0 Å². The molecule has 82 valence electrons. The van der Waals surface area contributed by atoms with Gasteiger partial charge in [-0.2, -0.15) is 0 Å². The number of ketones is 1. The maximum Gasteiger partial charge on any atom is 0.270 e. The molecular formula is C11H9ClN2O2. The summed E-state index contributed by atoms with van der Waals surface area (Å²) in [5.74, 6) is -0.375. The number of fused-ring (bicyclic) bond motifs is 1. The van der Waals surface area contributed by atoms with Crippen LogP contribution in [0, 0.1) is 6.92 Å². The van der Waals surface area contributed by atoms with E-state index >= 15 is 0 Å². The van der Waals surface area contributed by atoms with Crippen LogP contribution in [0.1, 0.15) is 23.0 Å². The van der Waals surface area contributed by atoms with Crippen molar-refractivity contribution in [2.75, 3.05) is 0 Å². The van der Waals surface area contributed by atoms with E-state index in [4.69, 9.17) is 11.6 Å². The Labute approximate surface area is 96.5 Å². The molecule has 0 spiro atoms. The largest absolute Gasteiger partial charge is 0.294 e. The Hall–Kier alpha value is -1.68. The van der Waals surface area contributed by atoms with Gasteiger partial charge < -0.3 is 0 Å². The molecule has 0 aliphatic carbocycles. The van der Waals surface area contributed by atoms with Gasteiger partial charge in [0.25, 0.3) is 5.56 Å². The van der Waals surface area contributed by atoms with Crippen molar-refractivity contribution in [1.29, 1.82) is 0 Å². The Morgan fingerprint density at radius 1 is 1.44 bits per heavy atom. The standard InChI is InChI=1S/C11H9ClN2O2/c1-6-4-3-5-8-13-10(12)9(7(2)15)11(16)14(6)8/h3-5H,1-2H3. The zero-order chi connectivity index (χ0) is 11.9. The molecule has 2 heterocycles. The van der Waals surface area contributed by atoms with Crippen molar-refractivity contribution in [2.24, 2.45) is 0 Å². The van der Waals surface area contributed by atoms with Gasteiger partial charge in [0.15, 0.2) is 5.78 Å². The molecule has 2 aromatic heterocycles. The molecule has 2 aromatic rings. The second-order valence-electron chi connectivity index (χ2n) is 3.50. The molecule has 0 amide bonds. The van der Waals surface area contributed by atoms with Gasteiger partial charge in [0.05, 0.1) is 0 Å². The molecule has 0 saturated carbocycles. The van der Waals surface area contributed by atoms with Crippen LogP contribution in [0.5, 0.6) is 0 Å². The molecule has 0 saturated heterocycles. The van der Waals surface area contributed by atoms with E-state index in [9.17, 15) is 9.59 Å². The Morgan fingerprint density at radius 2 is 2.12 bits per heavy atom. The Kier molecular flexibility index (Phi) is 2.52. The van der Waals surface area contributed by atoms with E-state index in [0.29, 0.717) is 11.3 Å². The Bertz CT molecular complexity index is 646. The molecule has 5 heteroatoms. The van der Waals surface area contributed by atoms with Crippen LogP contribution in [0.2, 0.25) is 5.15 Å². The second kappa shape index (κ2) is 3.72. The van der Waals surface area contributed by atoms with Gasteiger partial charge in [0.2, 0.25) is 0 Å². The normalized spacial score (nSPS) is 10.7. The summed E-state index contributed by atoms with van der Waals surface area (Å²) in [7, 11) is 0. The summed E-state index contributed by atoms with van der Waals surface area (Å²) < 4.78 is 1.38. The van der Waals surface area contributed by atoms with E-state index in [1.54, 1.807) is 25.1 Å². The lowest BCUT2D eigenvalue weighted by molar-refractivity contribution is 0.101. The van der Waals surface area contributed by atoms with E-state index in [2.05, 4.69) is 4.98 Å². The van der Waals surface area contributed by atoms with E-state index in [1.807, 2.05) is 0 Å². The van der Waals surface area contributed by atoms with Crippen LogP contribution in [0.3, 0.4) is 0 Å². The van der Waals surface area contributed by atoms with Crippen LogP contribution in [0.25, 0.3) is 5.65 Å². The summed E-state index contributed by atoms with van der Waals surface area (Å²) >= 11 is 5.81. The molecule has 0 aliphatic heterocycles. The number of nitrogens with zero attached hydrogens (tertiary/aromatic N) is 2. The second-order valence-corrected chi connectivity index (χ2v) is 3.86. The highest BCUT2D eigenvalue weighted by Crippen LogP contribution is 2.12. The number of carbonyl (C=O) groups excluding carboxylic acids is 1. The molecule has 0 unspecified atom stereocenters. The van der Waals surface area contributed by atoms with Crippen LogP contribution in [-0.2, 0) is 0 Å². The fraction of sp³-hybridized carbons (Fsp3) is 0.182. The highest BCUT2D eigenvalue weighted by molar-refractivity contribution is 6.32. The van der Waals surface area contributed by atoms with Gasteiger partial charge in [0.1, 0.15) is 16.4 Å². The average Bonchev–Trinajstić information content (AvgIpc) is 2.15. The number of hydrogen-bond acceptors (Lipinski definition) is 3. The topological polar surface area (TPSA) is 51.4 Å². The number of pyridine rings is 1. The molecule has 0 bridgehead atoms. The minimum Gasteiger partial charge on any atom is -0.294 e. The van der Waals surface area contributed by atoms with Gasteiger partial charge >= 0.3 is 0 Å². The third-order valence-corrected chi connectivity index (χ3v) is 2.63. The number of carbonyl (C=O) groups is 1. The van der Waals surface area contributed by atoms with Crippen molar-refractivity contribution in [1.82, 2.24) is 9.38 Å². The summed E-state index contributed by atoms with van der Waals surface area (Å²) in [6.07, 6.45) is 0. The molecule has 0 atom stereocenters. The Balaban J connectivity index is 3.03. The lowest BCUT2D eigenvalue weighted by atomic mass is 10.2. The smallest absolute Gasteiger partial charge is 0.270 e. The molecular weight excluding hydrogens is 228 g/mol. The van der Waals surface area contributed by atoms with Crippen molar-refractivity contribution >= 4 is 23.0 Å². The van der Waals surface area contributed by atoms with E-state index in [1.165, 1.54) is 11.3 Å². The molecule has 0 fully saturated rings. The predicted molar refractivity (Wildman–Crippen MR) is 61.2 cm³/mol. The Morgan fingerprint density at radius 3 is 2.75 bits per heavy atom. The maximum absolute atomic E-state index is 12.0. The van der Waals surface area contributed by atoms with Gasteiger partial charge in [-0.1, -0.05) is 17.7 Å². The fourth-order valence-electron chi connectivity index (χ4n) is 1.61. The average molecular weight is 237 g/mol. The first-order valence-corrected chi connectivity index (χ1v) is 5.09. The van der Waals surface area contributed by atoms with Crippen LogP contribution in [0.4, 0.5) is 0 Å². The summed E-state index contributed by atoms with van der Waals surface area (Å²) in [6.45, 7) is 3.07. The predicted octanol–water partition coefficient (Wildman–Crippen LogP) is 1.86. The van der Waals surface area contributed by atoms with Crippen molar-refractivity contribution in [3.05, 3.63) is 45.0 Å². The third-order valence-electron chi connectivity index (χ3n) is 2.35. The number of halogens is 1. The van der Waals surface area contributed by atoms with Gasteiger partial charge in [-0.3, -0.25) is 14.0 Å². The van der Waals surface area contributed by atoms with Gasteiger partial charge in [0, 0.05) is 5.69 Å². The highest BCUT2D eigenvalue weighted by atomic mass is 35.5. The first kappa shape index (κ1) is 10.8.